The van der Waals surface area contributed by atoms with Crippen molar-refractivity contribution in [2.75, 3.05) is 17.2 Å². The van der Waals surface area contributed by atoms with Gasteiger partial charge in [-0.3, -0.25) is 9.59 Å². The van der Waals surface area contributed by atoms with E-state index in [1.165, 1.54) is 0 Å². The lowest BCUT2D eigenvalue weighted by Crippen LogP contribution is -2.27. The Morgan fingerprint density at radius 3 is 2.33 bits per heavy atom. The van der Waals surface area contributed by atoms with Crippen molar-refractivity contribution in [1.82, 2.24) is 0 Å². The molecule has 0 radical (unpaired) electrons. The van der Waals surface area contributed by atoms with Crippen LogP contribution in [0.15, 0.2) is 18.2 Å². The fourth-order valence-corrected chi connectivity index (χ4v) is 1.50. The lowest BCUT2D eigenvalue weighted by atomic mass is 9.95. The summed E-state index contributed by atoms with van der Waals surface area (Å²) in [5.74, 6) is -0.199. The van der Waals surface area contributed by atoms with E-state index in [9.17, 15) is 9.59 Å². The Bertz CT molecular complexity index is 510. The molecule has 0 atom stereocenters. The topological polar surface area (TPSA) is 84.2 Å². The van der Waals surface area contributed by atoms with Gasteiger partial charge in [0.25, 0.3) is 0 Å². The number of halogens is 1. The summed E-state index contributed by atoms with van der Waals surface area (Å²) in [6.45, 7) is 7.75. The largest absolute Gasteiger partial charge is 0.330 e. The lowest BCUT2D eigenvalue weighted by Gasteiger charge is -2.18. The first-order valence-corrected chi connectivity index (χ1v) is 6.66. The zero-order chi connectivity index (χ0) is 15.3. The number of anilines is 2. The maximum atomic E-state index is 11.9. The van der Waals surface area contributed by atoms with Crippen LogP contribution < -0.4 is 16.4 Å². The molecule has 0 spiro atoms. The summed E-state index contributed by atoms with van der Waals surface area (Å²) in [6, 6.07) is 5.43. The van der Waals surface area contributed by atoms with Crippen LogP contribution in [0.4, 0.5) is 11.4 Å². The smallest absolute Gasteiger partial charge is 0.229 e. The lowest BCUT2D eigenvalue weighted by molar-refractivity contribution is -0.123. The molecule has 1 aromatic rings. The zero-order valence-electron chi connectivity index (χ0n) is 12.9. The van der Waals surface area contributed by atoms with Crippen LogP contribution in [0.5, 0.6) is 0 Å². The normalized spacial score (nSPS) is 10.5. The minimum absolute atomic E-state index is 0. The molecule has 0 aliphatic rings. The standard InChI is InChI=1S/C15H23N3O2.ClH/c1-10-5-6-11(17-14(20)15(2,3)4)9-12(10)18-13(19)7-8-16;/h5-6,9H,7-8,16H2,1-4H3,(H,17,20)(H,18,19);1H. The van der Waals surface area contributed by atoms with Crippen molar-refractivity contribution in [3.63, 3.8) is 0 Å². The number of carbonyl (C=O) groups is 2. The van der Waals surface area contributed by atoms with Crippen molar-refractivity contribution >= 4 is 35.6 Å². The Hall–Kier alpha value is -1.59. The second kappa shape index (κ2) is 8.00. The van der Waals surface area contributed by atoms with Crippen LogP contribution in [-0.2, 0) is 9.59 Å². The summed E-state index contributed by atoms with van der Waals surface area (Å²) in [4.78, 5) is 23.5. The van der Waals surface area contributed by atoms with Crippen LogP contribution >= 0.6 is 12.4 Å². The number of nitrogens with one attached hydrogen (secondary N) is 2. The predicted molar refractivity (Wildman–Crippen MR) is 88.8 cm³/mol. The highest BCUT2D eigenvalue weighted by molar-refractivity contribution is 5.96. The molecule has 0 heterocycles. The molecular formula is C15H24ClN3O2. The third-order valence-electron chi connectivity index (χ3n) is 2.82. The van der Waals surface area contributed by atoms with Gasteiger partial charge in [-0.15, -0.1) is 12.4 Å². The minimum atomic E-state index is -0.464. The molecule has 0 saturated heterocycles. The van der Waals surface area contributed by atoms with E-state index in [4.69, 9.17) is 5.73 Å². The summed E-state index contributed by atoms with van der Waals surface area (Å²) < 4.78 is 0. The zero-order valence-corrected chi connectivity index (χ0v) is 13.8. The molecule has 0 unspecified atom stereocenters. The van der Waals surface area contributed by atoms with Crippen LogP contribution in [0.25, 0.3) is 0 Å². The van der Waals surface area contributed by atoms with Gasteiger partial charge in [-0.2, -0.15) is 0 Å². The SMILES string of the molecule is Cc1ccc(NC(=O)C(C)(C)C)cc1NC(=O)CCN.Cl. The number of benzene rings is 1. The quantitative estimate of drug-likeness (QED) is 0.799. The van der Waals surface area contributed by atoms with Gasteiger partial charge >= 0.3 is 0 Å². The molecule has 1 rings (SSSR count). The van der Waals surface area contributed by atoms with Gasteiger partial charge in [0.15, 0.2) is 0 Å². The molecule has 6 heteroatoms. The first kappa shape index (κ1) is 19.4. The molecule has 2 amide bonds. The predicted octanol–water partition coefficient (Wildman–Crippen LogP) is 2.69. The van der Waals surface area contributed by atoms with Crippen molar-refractivity contribution in [1.29, 1.82) is 0 Å². The van der Waals surface area contributed by atoms with E-state index >= 15 is 0 Å². The van der Waals surface area contributed by atoms with Crippen molar-refractivity contribution in [3.05, 3.63) is 23.8 Å². The summed E-state index contributed by atoms with van der Waals surface area (Å²) in [7, 11) is 0. The van der Waals surface area contributed by atoms with Crippen molar-refractivity contribution in [2.24, 2.45) is 11.1 Å². The number of carbonyl (C=O) groups excluding carboxylic acids is 2. The molecule has 118 valence electrons. The van der Waals surface area contributed by atoms with Crippen LogP contribution in [0, 0.1) is 12.3 Å². The second-order valence-corrected chi connectivity index (χ2v) is 5.82. The van der Waals surface area contributed by atoms with E-state index in [2.05, 4.69) is 10.6 Å². The van der Waals surface area contributed by atoms with E-state index < -0.39 is 5.41 Å². The molecule has 0 aromatic heterocycles. The van der Waals surface area contributed by atoms with Gasteiger partial charge < -0.3 is 16.4 Å². The van der Waals surface area contributed by atoms with Crippen molar-refractivity contribution in [3.8, 4) is 0 Å². The maximum Gasteiger partial charge on any atom is 0.229 e. The summed E-state index contributed by atoms with van der Waals surface area (Å²) in [6.07, 6.45) is 0.276. The number of rotatable bonds is 4. The van der Waals surface area contributed by atoms with Gasteiger partial charge in [-0.1, -0.05) is 26.8 Å². The summed E-state index contributed by atoms with van der Waals surface area (Å²) in [5.41, 5.74) is 7.17. The van der Waals surface area contributed by atoms with E-state index in [-0.39, 0.29) is 30.6 Å². The Kier molecular flexibility index (Phi) is 7.39. The maximum absolute atomic E-state index is 11.9. The molecule has 1 aromatic carbocycles. The minimum Gasteiger partial charge on any atom is -0.330 e. The van der Waals surface area contributed by atoms with Gasteiger partial charge in [0.2, 0.25) is 11.8 Å². The van der Waals surface area contributed by atoms with Gasteiger partial charge in [0, 0.05) is 29.8 Å². The van der Waals surface area contributed by atoms with E-state index in [0.717, 1.165) is 5.56 Å². The number of hydrogen-bond donors (Lipinski definition) is 3. The van der Waals surface area contributed by atoms with Crippen LogP contribution in [0.1, 0.15) is 32.8 Å². The monoisotopic (exact) mass is 313 g/mol. The fourth-order valence-electron chi connectivity index (χ4n) is 1.50. The summed E-state index contributed by atoms with van der Waals surface area (Å²) >= 11 is 0. The first-order chi connectivity index (χ1) is 9.24. The Morgan fingerprint density at radius 2 is 1.81 bits per heavy atom. The number of nitrogens with two attached hydrogens (primary N) is 1. The molecule has 4 N–H and O–H groups in total. The van der Waals surface area contributed by atoms with Crippen molar-refractivity contribution < 1.29 is 9.59 Å². The van der Waals surface area contributed by atoms with E-state index in [1.54, 1.807) is 6.07 Å². The number of aryl methyl sites for hydroxylation is 1. The molecule has 21 heavy (non-hydrogen) atoms. The molecule has 0 aliphatic heterocycles. The third kappa shape index (κ3) is 6.14. The van der Waals surface area contributed by atoms with Gasteiger partial charge in [0.1, 0.15) is 0 Å². The van der Waals surface area contributed by atoms with Crippen LogP contribution in [-0.4, -0.2) is 18.4 Å². The second-order valence-electron chi connectivity index (χ2n) is 5.82. The molecule has 0 aliphatic carbocycles. The average Bonchev–Trinajstić information content (AvgIpc) is 2.32. The number of hydrogen-bond acceptors (Lipinski definition) is 3. The Balaban J connectivity index is 0.00000400. The highest BCUT2D eigenvalue weighted by Crippen LogP contribution is 2.23. The third-order valence-corrected chi connectivity index (χ3v) is 2.82. The molecule has 0 fully saturated rings. The molecular weight excluding hydrogens is 290 g/mol. The van der Waals surface area contributed by atoms with Crippen LogP contribution in [0.3, 0.4) is 0 Å². The fraction of sp³-hybridized carbons (Fsp3) is 0.467. The Labute approximate surface area is 132 Å². The van der Waals surface area contributed by atoms with E-state index in [1.807, 2.05) is 39.8 Å². The average molecular weight is 314 g/mol. The van der Waals surface area contributed by atoms with Crippen molar-refractivity contribution in [2.45, 2.75) is 34.1 Å². The van der Waals surface area contributed by atoms with Gasteiger partial charge in [-0.25, -0.2) is 0 Å². The number of amides is 2. The summed E-state index contributed by atoms with van der Waals surface area (Å²) in [5, 5.41) is 5.63. The molecule has 5 nitrogen and oxygen atoms in total. The molecule has 0 bridgehead atoms. The Morgan fingerprint density at radius 1 is 1.19 bits per heavy atom. The van der Waals surface area contributed by atoms with Crippen LogP contribution in [0.2, 0.25) is 0 Å². The van der Waals surface area contributed by atoms with Gasteiger partial charge in [-0.05, 0) is 24.6 Å². The van der Waals surface area contributed by atoms with Gasteiger partial charge in [0.05, 0.1) is 0 Å². The van der Waals surface area contributed by atoms with E-state index in [0.29, 0.717) is 17.9 Å². The first-order valence-electron chi connectivity index (χ1n) is 6.66. The molecule has 0 saturated carbocycles. The highest BCUT2D eigenvalue weighted by atomic mass is 35.5. The highest BCUT2D eigenvalue weighted by Gasteiger charge is 2.21.